The fraction of sp³-hybridized carbons (Fsp3) is 0.667. The molecule has 0 aliphatic carbocycles. The molecule has 1 unspecified atom stereocenters. The van der Waals surface area contributed by atoms with Crippen molar-refractivity contribution in [2.24, 2.45) is 0 Å². The van der Waals surface area contributed by atoms with Gasteiger partial charge in [0.15, 0.2) is 8.68 Å². The molecule has 1 aromatic heterocycles. The molecule has 2 rings (SSSR count). The first-order valence-corrected chi connectivity index (χ1v) is 8.90. The van der Waals surface area contributed by atoms with Gasteiger partial charge in [-0.25, -0.2) is 13.4 Å². The summed E-state index contributed by atoms with van der Waals surface area (Å²) in [5, 5.41) is 0. The highest BCUT2D eigenvalue weighted by Crippen LogP contribution is 2.32. The molecule has 1 saturated heterocycles. The van der Waals surface area contributed by atoms with Crippen LogP contribution in [-0.4, -0.2) is 42.3 Å². The Balaban J connectivity index is 2.32. The maximum absolute atomic E-state index is 12.4. The minimum atomic E-state index is -3.44. The summed E-state index contributed by atoms with van der Waals surface area (Å²) >= 11 is 8.57. The lowest BCUT2D eigenvalue weighted by Crippen LogP contribution is -2.36. The maximum atomic E-state index is 12.4. The van der Waals surface area contributed by atoms with E-state index in [2.05, 4.69) is 4.98 Å². The maximum Gasteiger partial charge on any atom is 0.254 e. The van der Waals surface area contributed by atoms with Crippen LogP contribution >= 0.6 is 34.7 Å². The zero-order valence-electron chi connectivity index (χ0n) is 9.51. The molecule has 0 spiro atoms. The highest BCUT2D eigenvalue weighted by molar-refractivity contribution is 7.99. The lowest BCUT2D eigenvalue weighted by Gasteiger charge is -2.22. The van der Waals surface area contributed by atoms with Crippen LogP contribution in [0.2, 0.25) is 4.47 Å². The number of hydrogen-bond acceptors (Lipinski definition) is 5. The zero-order valence-corrected chi connectivity index (χ0v) is 12.7. The molecule has 1 aliphatic rings. The van der Waals surface area contributed by atoms with Crippen molar-refractivity contribution < 1.29 is 8.42 Å². The summed E-state index contributed by atoms with van der Waals surface area (Å²) in [7, 11) is -1.80. The standard InChI is InChI=1S/C9H13ClN2O2S3/c1-6-8(16-9(10)11-6)17(13,14)12(2)7-3-4-15-5-7/h7H,3-5H2,1-2H3. The summed E-state index contributed by atoms with van der Waals surface area (Å²) < 4.78 is 26.8. The van der Waals surface area contributed by atoms with Gasteiger partial charge in [0.1, 0.15) is 0 Å². The average Bonchev–Trinajstić information content (AvgIpc) is 2.86. The Hall–Kier alpha value is 0.180. The van der Waals surface area contributed by atoms with Crippen molar-refractivity contribution in [2.45, 2.75) is 23.6 Å². The molecule has 8 heteroatoms. The van der Waals surface area contributed by atoms with Crippen molar-refractivity contribution >= 4 is 44.7 Å². The highest BCUT2D eigenvalue weighted by Gasteiger charge is 2.33. The van der Waals surface area contributed by atoms with E-state index in [4.69, 9.17) is 11.6 Å². The lowest BCUT2D eigenvalue weighted by molar-refractivity contribution is 0.395. The second kappa shape index (κ2) is 5.05. The summed E-state index contributed by atoms with van der Waals surface area (Å²) in [5.74, 6) is 1.88. The van der Waals surface area contributed by atoms with Gasteiger partial charge < -0.3 is 0 Å². The Labute approximate surface area is 114 Å². The summed E-state index contributed by atoms with van der Waals surface area (Å²) in [5.41, 5.74) is 0.484. The molecule has 1 aromatic rings. The third-order valence-corrected chi connectivity index (χ3v) is 7.66. The Morgan fingerprint density at radius 2 is 2.24 bits per heavy atom. The fourth-order valence-corrected chi connectivity index (χ4v) is 6.38. The van der Waals surface area contributed by atoms with Crippen LogP contribution in [0.25, 0.3) is 0 Å². The van der Waals surface area contributed by atoms with Crippen LogP contribution in [0.5, 0.6) is 0 Å². The molecule has 0 aromatic carbocycles. The normalized spacial score (nSPS) is 21.3. The number of sulfonamides is 1. The minimum absolute atomic E-state index is 0.0882. The van der Waals surface area contributed by atoms with Crippen molar-refractivity contribution in [3.05, 3.63) is 10.2 Å². The quantitative estimate of drug-likeness (QED) is 0.859. The molecule has 17 heavy (non-hydrogen) atoms. The third-order valence-electron chi connectivity index (χ3n) is 2.76. The molecule has 0 radical (unpaired) electrons. The predicted octanol–water partition coefficient (Wildman–Crippen LogP) is 2.23. The fourth-order valence-electron chi connectivity index (χ4n) is 1.73. The van der Waals surface area contributed by atoms with E-state index < -0.39 is 10.0 Å². The van der Waals surface area contributed by atoms with Gasteiger partial charge in [-0.1, -0.05) is 22.9 Å². The molecule has 0 amide bonds. The summed E-state index contributed by atoms with van der Waals surface area (Å²) in [4.78, 5) is 3.96. The highest BCUT2D eigenvalue weighted by atomic mass is 35.5. The van der Waals surface area contributed by atoms with Gasteiger partial charge in [0.05, 0.1) is 5.69 Å². The number of nitrogens with zero attached hydrogens (tertiary/aromatic N) is 2. The first-order valence-electron chi connectivity index (χ1n) is 5.11. The van der Waals surface area contributed by atoms with Crippen LogP contribution in [0.15, 0.2) is 4.21 Å². The number of rotatable bonds is 3. The van der Waals surface area contributed by atoms with Crippen LogP contribution in [0.3, 0.4) is 0 Å². The van der Waals surface area contributed by atoms with Crippen molar-refractivity contribution in [1.29, 1.82) is 0 Å². The number of aryl methyl sites for hydroxylation is 1. The van der Waals surface area contributed by atoms with E-state index in [1.54, 1.807) is 25.7 Å². The van der Waals surface area contributed by atoms with Crippen molar-refractivity contribution in [1.82, 2.24) is 9.29 Å². The largest absolute Gasteiger partial charge is 0.254 e. The molecule has 2 heterocycles. The van der Waals surface area contributed by atoms with Crippen LogP contribution in [-0.2, 0) is 10.0 Å². The van der Waals surface area contributed by atoms with Crippen LogP contribution in [0, 0.1) is 6.92 Å². The third kappa shape index (κ3) is 2.63. The molecule has 1 aliphatic heterocycles. The van der Waals surface area contributed by atoms with Crippen LogP contribution in [0.1, 0.15) is 12.1 Å². The predicted molar refractivity (Wildman–Crippen MR) is 72.5 cm³/mol. The average molecular weight is 313 g/mol. The molecular formula is C9H13ClN2O2S3. The molecule has 96 valence electrons. The van der Waals surface area contributed by atoms with E-state index in [0.717, 1.165) is 29.3 Å². The first kappa shape index (κ1) is 13.6. The number of thioether (sulfide) groups is 1. The van der Waals surface area contributed by atoms with Gasteiger partial charge in [-0.15, -0.1) is 0 Å². The van der Waals surface area contributed by atoms with Gasteiger partial charge in [-0.2, -0.15) is 16.1 Å². The van der Waals surface area contributed by atoms with Gasteiger partial charge in [0.25, 0.3) is 10.0 Å². The van der Waals surface area contributed by atoms with E-state index in [9.17, 15) is 8.42 Å². The van der Waals surface area contributed by atoms with Crippen molar-refractivity contribution in [2.75, 3.05) is 18.6 Å². The van der Waals surface area contributed by atoms with Crippen LogP contribution in [0.4, 0.5) is 0 Å². The number of halogens is 1. The van der Waals surface area contributed by atoms with E-state index in [0.29, 0.717) is 5.69 Å². The first-order chi connectivity index (χ1) is 7.93. The Morgan fingerprint density at radius 1 is 1.53 bits per heavy atom. The Morgan fingerprint density at radius 3 is 2.71 bits per heavy atom. The van der Waals surface area contributed by atoms with Gasteiger partial charge in [0, 0.05) is 18.8 Å². The smallest absolute Gasteiger partial charge is 0.229 e. The lowest BCUT2D eigenvalue weighted by atomic mass is 10.3. The molecule has 1 atom stereocenters. The van der Waals surface area contributed by atoms with Gasteiger partial charge in [-0.05, 0) is 19.1 Å². The van der Waals surface area contributed by atoms with Crippen molar-refractivity contribution in [3.63, 3.8) is 0 Å². The number of aromatic nitrogens is 1. The minimum Gasteiger partial charge on any atom is -0.229 e. The second-order valence-corrected chi connectivity index (χ2v) is 8.80. The summed E-state index contributed by atoms with van der Waals surface area (Å²) in [6.07, 6.45) is 0.909. The second-order valence-electron chi connectivity index (χ2n) is 3.88. The summed E-state index contributed by atoms with van der Waals surface area (Å²) in [6.45, 7) is 1.67. The monoisotopic (exact) mass is 312 g/mol. The van der Waals surface area contributed by atoms with Crippen LogP contribution < -0.4 is 0 Å². The molecule has 0 N–H and O–H groups in total. The van der Waals surface area contributed by atoms with Gasteiger partial charge >= 0.3 is 0 Å². The molecule has 0 bridgehead atoms. The molecule has 4 nitrogen and oxygen atoms in total. The number of thiazole rings is 1. The topological polar surface area (TPSA) is 50.3 Å². The molecule has 0 saturated carbocycles. The van der Waals surface area contributed by atoms with Gasteiger partial charge in [0.2, 0.25) is 0 Å². The van der Waals surface area contributed by atoms with E-state index in [1.807, 2.05) is 0 Å². The summed E-state index contributed by atoms with van der Waals surface area (Å²) in [6, 6.07) is 0.0882. The van der Waals surface area contributed by atoms with E-state index >= 15 is 0 Å². The van der Waals surface area contributed by atoms with Gasteiger partial charge in [-0.3, -0.25) is 0 Å². The molecule has 1 fully saturated rings. The molecular weight excluding hydrogens is 300 g/mol. The Bertz CT molecular complexity index is 508. The zero-order chi connectivity index (χ0) is 12.6. The SMILES string of the molecule is Cc1nc(Cl)sc1S(=O)(=O)N(C)C1CCSC1. The van der Waals surface area contributed by atoms with E-state index in [1.165, 1.54) is 4.31 Å². The number of hydrogen-bond donors (Lipinski definition) is 0. The van der Waals surface area contributed by atoms with Crippen molar-refractivity contribution in [3.8, 4) is 0 Å². The van der Waals surface area contributed by atoms with E-state index in [-0.39, 0.29) is 14.7 Å². The Kier molecular flexibility index (Phi) is 4.04.